The quantitative estimate of drug-likeness (QED) is 0.335. The number of ether oxygens (including phenoxy) is 1. The largest absolute Gasteiger partial charge is 0.383 e. The van der Waals surface area contributed by atoms with Crippen LogP contribution in [0.1, 0.15) is 21.5 Å². The minimum Gasteiger partial charge on any atom is -0.383 e. The maximum absolute atomic E-state index is 13.6. The first-order chi connectivity index (χ1) is 17.5. The summed E-state index contributed by atoms with van der Waals surface area (Å²) in [5, 5.41) is 1.14. The first kappa shape index (κ1) is 25.1. The number of aromatic amines is 1. The van der Waals surface area contributed by atoms with Gasteiger partial charge in [0, 0.05) is 49.4 Å². The van der Waals surface area contributed by atoms with Gasteiger partial charge in [-0.1, -0.05) is 48.5 Å². The minimum absolute atomic E-state index is 0.0969. The third-order valence-corrected chi connectivity index (χ3v) is 6.16. The average molecular weight is 488 g/mol. The average Bonchev–Trinajstić information content (AvgIpc) is 3.32. The molecule has 0 radical (unpaired) electrons. The number of nitrogens with zero attached hydrogens (tertiary/aromatic N) is 2. The lowest BCUT2D eigenvalue weighted by Crippen LogP contribution is -2.44. The molecule has 186 valence electrons. The molecule has 0 saturated heterocycles. The molecule has 1 aromatic heterocycles. The van der Waals surface area contributed by atoms with Crippen LogP contribution in [0.15, 0.2) is 85.1 Å². The molecule has 36 heavy (non-hydrogen) atoms. The summed E-state index contributed by atoms with van der Waals surface area (Å²) in [5.74, 6) is -0.917. The number of hydrogen-bond donors (Lipinski definition) is 1. The molecule has 0 fully saturated rings. The Morgan fingerprint density at radius 2 is 1.61 bits per heavy atom. The van der Waals surface area contributed by atoms with E-state index in [2.05, 4.69) is 11.1 Å². The van der Waals surface area contributed by atoms with E-state index >= 15 is 0 Å². The molecule has 0 bridgehead atoms. The van der Waals surface area contributed by atoms with E-state index in [1.807, 2.05) is 54.7 Å². The topological polar surface area (TPSA) is 65.6 Å². The van der Waals surface area contributed by atoms with E-state index in [1.54, 1.807) is 12.0 Å². The second-order valence-corrected chi connectivity index (χ2v) is 8.64. The van der Waals surface area contributed by atoms with Crippen molar-refractivity contribution >= 4 is 22.7 Å². The molecule has 1 heterocycles. The van der Waals surface area contributed by atoms with Gasteiger partial charge in [-0.3, -0.25) is 9.59 Å². The van der Waals surface area contributed by atoms with Crippen LogP contribution in [0.5, 0.6) is 0 Å². The van der Waals surface area contributed by atoms with Gasteiger partial charge in [-0.25, -0.2) is 4.39 Å². The van der Waals surface area contributed by atoms with Crippen LogP contribution in [0.3, 0.4) is 0 Å². The molecular formula is C29H30FN3O3. The zero-order chi connectivity index (χ0) is 25.3. The van der Waals surface area contributed by atoms with Crippen molar-refractivity contribution in [2.45, 2.75) is 13.0 Å². The van der Waals surface area contributed by atoms with Crippen molar-refractivity contribution in [2.75, 3.05) is 33.4 Å². The smallest absolute Gasteiger partial charge is 0.254 e. The highest BCUT2D eigenvalue weighted by molar-refractivity contribution is 5.96. The normalized spacial score (nSPS) is 10.9. The number of H-pyrrole nitrogens is 1. The highest BCUT2D eigenvalue weighted by Gasteiger charge is 2.23. The number of hydrogen-bond acceptors (Lipinski definition) is 3. The van der Waals surface area contributed by atoms with Gasteiger partial charge in [-0.15, -0.1) is 0 Å². The number of aromatic nitrogens is 1. The molecular weight excluding hydrogens is 457 g/mol. The minimum atomic E-state index is -0.419. The van der Waals surface area contributed by atoms with Crippen molar-refractivity contribution in [3.05, 3.63) is 108 Å². The lowest BCUT2D eigenvalue weighted by molar-refractivity contribution is -0.132. The number of amides is 2. The van der Waals surface area contributed by atoms with Gasteiger partial charge in [0.2, 0.25) is 5.91 Å². The molecule has 0 unspecified atom stereocenters. The molecule has 2 amide bonds. The molecule has 0 aliphatic carbocycles. The molecule has 6 nitrogen and oxygen atoms in total. The number of methoxy groups -OCH3 is 1. The maximum Gasteiger partial charge on any atom is 0.254 e. The van der Waals surface area contributed by atoms with E-state index in [4.69, 9.17) is 4.74 Å². The molecule has 0 atom stereocenters. The van der Waals surface area contributed by atoms with Crippen molar-refractivity contribution in [3.8, 4) is 0 Å². The fraction of sp³-hybridized carbons (Fsp3) is 0.241. The molecule has 3 aromatic carbocycles. The van der Waals surface area contributed by atoms with Gasteiger partial charge in [0.1, 0.15) is 12.4 Å². The van der Waals surface area contributed by atoms with E-state index in [-0.39, 0.29) is 31.5 Å². The van der Waals surface area contributed by atoms with Gasteiger partial charge < -0.3 is 19.5 Å². The molecule has 7 heteroatoms. The molecule has 0 aliphatic heterocycles. The van der Waals surface area contributed by atoms with Crippen LogP contribution < -0.4 is 0 Å². The fourth-order valence-corrected chi connectivity index (χ4v) is 4.18. The molecule has 4 rings (SSSR count). The van der Waals surface area contributed by atoms with Crippen molar-refractivity contribution in [3.63, 3.8) is 0 Å². The third-order valence-electron chi connectivity index (χ3n) is 6.16. The van der Waals surface area contributed by atoms with Gasteiger partial charge in [-0.05, 0) is 47.9 Å². The van der Waals surface area contributed by atoms with Crippen LogP contribution in [0, 0.1) is 5.82 Å². The number of fused-ring (bicyclic) bond motifs is 1. The second-order valence-electron chi connectivity index (χ2n) is 8.64. The highest BCUT2D eigenvalue weighted by atomic mass is 19.1. The van der Waals surface area contributed by atoms with Gasteiger partial charge in [0.25, 0.3) is 5.91 Å². The lowest BCUT2D eigenvalue weighted by atomic mass is 10.1. The zero-order valence-electron chi connectivity index (χ0n) is 20.3. The summed E-state index contributed by atoms with van der Waals surface area (Å²) >= 11 is 0. The number of rotatable bonds is 11. The number of carbonyl (C=O) groups is 2. The Hall–Kier alpha value is -3.97. The van der Waals surface area contributed by atoms with Crippen LogP contribution in [-0.2, 0) is 22.5 Å². The highest BCUT2D eigenvalue weighted by Crippen LogP contribution is 2.19. The van der Waals surface area contributed by atoms with E-state index < -0.39 is 5.82 Å². The van der Waals surface area contributed by atoms with E-state index in [0.29, 0.717) is 25.1 Å². The van der Waals surface area contributed by atoms with Crippen LogP contribution >= 0.6 is 0 Å². The zero-order valence-corrected chi connectivity index (χ0v) is 20.3. The Balaban J connectivity index is 1.52. The summed E-state index contributed by atoms with van der Waals surface area (Å²) in [6.45, 7) is 1.37. The Labute approximate surface area is 210 Å². The van der Waals surface area contributed by atoms with Crippen LogP contribution in [-0.4, -0.2) is 59.9 Å². The van der Waals surface area contributed by atoms with Gasteiger partial charge in [0.05, 0.1) is 6.61 Å². The Morgan fingerprint density at radius 3 is 2.36 bits per heavy atom. The summed E-state index contributed by atoms with van der Waals surface area (Å²) in [7, 11) is 1.55. The summed E-state index contributed by atoms with van der Waals surface area (Å²) < 4.78 is 18.5. The number of para-hydroxylation sites is 1. The summed E-state index contributed by atoms with van der Waals surface area (Å²) in [4.78, 5) is 33.2. The Bertz CT molecular complexity index is 1290. The standard InChI is InChI=1S/C29H30FN3O3/c1-36-18-17-33(29(35)23-11-13-25(30)14-12-23)21-28(34)32(20-22-7-3-2-4-8-22)16-15-24-19-31-27-10-6-5-9-26(24)27/h2-14,19,31H,15-18,20-21H2,1H3. The molecule has 4 aromatic rings. The van der Waals surface area contributed by atoms with Crippen molar-refractivity contribution < 1.29 is 18.7 Å². The van der Waals surface area contributed by atoms with Gasteiger partial charge in [0.15, 0.2) is 0 Å². The SMILES string of the molecule is COCCN(CC(=O)N(CCc1c[nH]c2ccccc12)Cc1ccccc1)C(=O)c1ccc(F)cc1. The van der Waals surface area contributed by atoms with Crippen LogP contribution in [0.4, 0.5) is 4.39 Å². The Kier molecular flexibility index (Phi) is 8.47. The number of nitrogens with one attached hydrogen (secondary N) is 1. The summed E-state index contributed by atoms with van der Waals surface area (Å²) in [6, 6.07) is 23.2. The monoisotopic (exact) mass is 487 g/mol. The number of benzene rings is 3. The summed E-state index contributed by atoms with van der Waals surface area (Å²) in [6.07, 6.45) is 2.66. The predicted octanol–water partition coefficient (Wildman–Crippen LogP) is 4.67. The van der Waals surface area contributed by atoms with E-state index in [0.717, 1.165) is 22.0 Å². The lowest BCUT2D eigenvalue weighted by Gasteiger charge is -2.28. The maximum atomic E-state index is 13.6. The van der Waals surface area contributed by atoms with Crippen molar-refractivity contribution in [1.29, 1.82) is 0 Å². The van der Waals surface area contributed by atoms with Crippen LogP contribution in [0.2, 0.25) is 0 Å². The summed E-state index contributed by atoms with van der Waals surface area (Å²) in [5.41, 5.74) is 3.53. The second kappa shape index (κ2) is 12.1. The third kappa shape index (κ3) is 6.37. The van der Waals surface area contributed by atoms with Crippen LogP contribution in [0.25, 0.3) is 10.9 Å². The Morgan fingerprint density at radius 1 is 0.889 bits per heavy atom. The molecule has 0 saturated carbocycles. The first-order valence-electron chi connectivity index (χ1n) is 12.0. The van der Waals surface area contributed by atoms with Crippen molar-refractivity contribution in [2.24, 2.45) is 0 Å². The molecule has 0 aliphatic rings. The molecule has 0 spiro atoms. The number of carbonyl (C=O) groups excluding carboxylic acids is 2. The molecule has 1 N–H and O–H groups in total. The number of halogens is 1. The van der Waals surface area contributed by atoms with Gasteiger partial charge >= 0.3 is 0 Å². The van der Waals surface area contributed by atoms with Crippen molar-refractivity contribution in [1.82, 2.24) is 14.8 Å². The fourth-order valence-electron chi connectivity index (χ4n) is 4.18. The van der Waals surface area contributed by atoms with Gasteiger partial charge in [-0.2, -0.15) is 0 Å². The van der Waals surface area contributed by atoms with E-state index in [1.165, 1.54) is 29.2 Å². The predicted molar refractivity (Wildman–Crippen MR) is 138 cm³/mol. The van der Waals surface area contributed by atoms with E-state index in [9.17, 15) is 14.0 Å². The first-order valence-corrected chi connectivity index (χ1v) is 12.0.